The van der Waals surface area contributed by atoms with Crippen LogP contribution in [0.25, 0.3) is 10.9 Å². The lowest BCUT2D eigenvalue weighted by atomic mass is 10.2. The average Bonchev–Trinajstić information content (AvgIpc) is 2.91. The van der Waals surface area contributed by atoms with E-state index >= 15 is 0 Å². The van der Waals surface area contributed by atoms with Gasteiger partial charge in [0.05, 0.1) is 12.1 Å². The quantitative estimate of drug-likeness (QED) is 0.803. The molecule has 22 heavy (non-hydrogen) atoms. The number of nitrogens with zero attached hydrogens (tertiary/aromatic N) is 2. The third-order valence-corrected chi connectivity index (χ3v) is 3.51. The zero-order valence-corrected chi connectivity index (χ0v) is 12.7. The van der Waals surface area contributed by atoms with E-state index in [2.05, 4.69) is 10.3 Å². The molecule has 2 heterocycles. The van der Waals surface area contributed by atoms with Crippen molar-refractivity contribution in [3.05, 3.63) is 53.8 Å². The van der Waals surface area contributed by atoms with E-state index in [0.29, 0.717) is 10.8 Å². The molecule has 6 heteroatoms. The van der Waals surface area contributed by atoms with Gasteiger partial charge in [0.1, 0.15) is 18.1 Å². The maximum Gasteiger partial charge on any atom is 0.245 e. The van der Waals surface area contributed by atoms with Crippen LogP contribution in [0.15, 0.2) is 48.8 Å². The zero-order chi connectivity index (χ0) is 15.5. The van der Waals surface area contributed by atoms with E-state index in [1.807, 2.05) is 35.0 Å². The lowest BCUT2D eigenvalue weighted by Gasteiger charge is -2.07. The molecule has 0 aliphatic heterocycles. The lowest BCUT2D eigenvalue weighted by molar-refractivity contribution is -0.116. The van der Waals surface area contributed by atoms with E-state index in [-0.39, 0.29) is 12.5 Å². The van der Waals surface area contributed by atoms with E-state index in [9.17, 15) is 4.79 Å². The number of anilines is 1. The number of aromatic nitrogens is 2. The first-order valence-electron chi connectivity index (χ1n) is 6.70. The van der Waals surface area contributed by atoms with E-state index in [1.165, 1.54) is 6.20 Å². The number of methoxy groups -OCH3 is 1. The summed E-state index contributed by atoms with van der Waals surface area (Å²) in [5, 5.41) is 4.30. The van der Waals surface area contributed by atoms with Crippen molar-refractivity contribution < 1.29 is 9.53 Å². The summed E-state index contributed by atoms with van der Waals surface area (Å²) < 4.78 is 7.07. The van der Waals surface area contributed by atoms with Crippen LogP contribution in [-0.2, 0) is 11.3 Å². The number of nitrogens with one attached hydrogen (secondary N) is 1. The molecule has 112 valence electrons. The Bertz CT molecular complexity index is 812. The predicted molar refractivity (Wildman–Crippen MR) is 86.4 cm³/mol. The summed E-state index contributed by atoms with van der Waals surface area (Å²) in [6, 6.07) is 11.0. The summed E-state index contributed by atoms with van der Waals surface area (Å²) in [4.78, 5) is 16.1. The van der Waals surface area contributed by atoms with Crippen molar-refractivity contribution in [2.24, 2.45) is 0 Å². The highest BCUT2D eigenvalue weighted by atomic mass is 35.5. The number of carbonyl (C=O) groups is 1. The van der Waals surface area contributed by atoms with Crippen molar-refractivity contribution in [1.82, 2.24) is 9.55 Å². The molecular formula is C16H14ClN3O2. The second kappa shape index (κ2) is 6.07. The number of hydrogen-bond acceptors (Lipinski definition) is 3. The van der Waals surface area contributed by atoms with Gasteiger partial charge in [-0.05, 0) is 36.4 Å². The Morgan fingerprint density at radius 2 is 2.18 bits per heavy atom. The first kappa shape index (κ1) is 14.4. The smallest absolute Gasteiger partial charge is 0.245 e. The van der Waals surface area contributed by atoms with Crippen LogP contribution in [0.5, 0.6) is 5.75 Å². The monoisotopic (exact) mass is 315 g/mol. The minimum Gasteiger partial charge on any atom is -0.497 e. The number of pyridine rings is 1. The van der Waals surface area contributed by atoms with E-state index in [4.69, 9.17) is 16.3 Å². The SMILES string of the molecule is COc1ccc2c(ccn2CC(=O)Nc2ccc(Cl)cn2)c1. The predicted octanol–water partition coefficient (Wildman–Crippen LogP) is 3.34. The highest BCUT2D eigenvalue weighted by Crippen LogP contribution is 2.21. The van der Waals surface area contributed by atoms with E-state index in [1.54, 1.807) is 19.2 Å². The standard InChI is InChI=1S/C16H14ClN3O2/c1-22-13-3-4-14-11(8-13)6-7-20(14)10-16(21)19-15-5-2-12(17)9-18-15/h2-9H,10H2,1H3,(H,18,19,21). The molecule has 0 radical (unpaired) electrons. The van der Waals surface area contributed by atoms with Gasteiger partial charge in [-0.1, -0.05) is 11.6 Å². The number of hydrogen-bond donors (Lipinski definition) is 1. The van der Waals surface area contributed by atoms with Gasteiger partial charge in [-0.25, -0.2) is 4.98 Å². The Labute approximate surface area is 132 Å². The van der Waals surface area contributed by atoms with Gasteiger partial charge in [0, 0.05) is 23.3 Å². The summed E-state index contributed by atoms with van der Waals surface area (Å²) in [6.45, 7) is 0.208. The molecule has 0 aliphatic carbocycles. The first-order valence-corrected chi connectivity index (χ1v) is 7.08. The van der Waals surface area contributed by atoms with Crippen LogP contribution in [0.1, 0.15) is 0 Å². The first-order chi connectivity index (χ1) is 10.7. The second-order valence-corrected chi connectivity index (χ2v) is 5.21. The Morgan fingerprint density at radius 1 is 1.32 bits per heavy atom. The molecule has 3 aromatic rings. The molecule has 2 aromatic heterocycles. The van der Waals surface area contributed by atoms with Gasteiger partial charge in [0.25, 0.3) is 0 Å². The molecule has 5 nitrogen and oxygen atoms in total. The number of halogens is 1. The molecule has 0 unspecified atom stereocenters. The van der Waals surface area contributed by atoms with Crippen LogP contribution in [0, 0.1) is 0 Å². The minimum atomic E-state index is -0.150. The fourth-order valence-corrected chi connectivity index (χ4v) is 2.34. The normalized spacial score (nSPS) is 10.6. The van der Waals surface area contributed by atoms with Gasteiger partial charge in [-0.2, -0.15) is 0 Å². The molecule has 1 amide bonds. The zero-order valence-electron chi connectivity index (χ0n) is 11.9. The lowest BCUT2D eigenvalue weighted by Crippen LogP contribution is -2.18. The number of ether oxygens (including phenoxy) is 1. The van der Waals surface area contributed by atoms with Crippen LogP contribution in [0.4, 0.5) is 5.82 Å². The molecule has 0 fully saturated rings. The molecule has 0 spiro atoms. The van der Waals surface area contributed by atoms with Gasteiger partial charge < -0.3 is 14.6 Å². The van der Waals surface area contributed by atoms with Crippen molar-refractivity contribution in [2.45, 2.75) is 6.54 Å². The molecule has 1 aromatic carbocycles. The maximum atomic E-state index is 12.1. The van der Waals surface area contributed by atoms with Gasteiger partial charge in [-0.3, -0.25) is 4.79 Å². The molecule has 0 aliphatic rings. The average molecular weight is 316 g/mol. The van der Waals surface area contributed by atoms with Crippen molar-refractivity contribution in [2.75, 3.05) is 12.4 Å². The van der Waals surface area contributed by atoms with Crippen molar-refractivity contribution in [3.8, 4) is 5.75 Å². The fraction of sp³-hybridized carbons (Fsp3) is 0.125. The third kappa shape index (κ3) is 3.04. The Morgan fingerprint density at radius 3 is 2.91 bits per heavy atom. The topological polar surface area (TPSA) is 56.1 Å². The van der Waals surface area contributed by atoms with E-state index in [0.717, 1.165) is 16.7 Å². The Hall–Kier alpha value is -2.53. The Balaban J connectivity index is 1.75. The molecule has 1 N–H and O–H groups in total. The van der Waals surface area contributed by atoms with Crippen LogP contribution < -0.4 is 10.1 Å². The molecule has 0 atom stereocenters. The van der Waals surface area contributed by atoms with E-state index < -0.39 is 0 Å². The largest absolute Gasteiger partial charge is 0.497 e. The number of benzene rings is 1. The van der Waals surface area contributed by atoms with Gasteiger partial charge in [0.2, 0.25) is 5.91 Å². The van der Waals surface area contributed by atoms with Crippen molar-refractivity contribution in [3.63, 3.8) is 0 Å². The highest BCUT2D eigenvalue weighted by molar-refractivity contribution is 6.30. The van der Waals surface area contributed by atoms with Gasteiger partial charge >= 0.3 is 0 Å². The number of amides is 1. The van der Waals surface area contributed by atoms with Crippen LogP contribution in [0.2, 0.25) is 5.02 Å². The number of rotatable bonds is 4. The summed E-state index contributed by atoms with van der Waals surface area (Å²) in [7, 11) is 1.63. The molecule has 0 saturated carbocycles. The van der Waals surface area contributed by atoms with Crippen LogP contribution in [-0.4, -0.2) is 22.6 Å². The van der Waals surface area contributed by atoms with Crippen LogP contribution >= 0.6 is 11.6 Å². The van der Waals surface area contributed by atoms with Crippen molar-refractivity contribution in [1.29, 1.82) is 0 Å². The summed E-state index contributed by atoms with van der Waals surface area (Å²) in [5.41, 5.74) is 0.972. The minimum absolute atomic E-state index is 0.150. The molecule has 3 rings (SSSR count). The highest BCUT2D eigenvalue weighted by Gasteiger charge is 2.08. The second-order valence-electron chi connectivity index (χ2n) is 4.78. The number of carbonyl (C=O) groups excluding carboxylic acids is 1. The Kier molecular flexibility index (Phi) is 3.98. The summed E-state index contributed by atoms with van der Waals surface area (Å²) in [5.74, 6) is 1.12. The molecular weight excluding hydrogens is 302 g/mol. The van der Waals surface area contributed by atoms with Gasteiger partial charge in [0.15, 0.2) is 0 Å². The summed E-state index contributed by atoms with van der Waals surface area (Å²) in [6.07, 6.45) is 3.37. The fourth-order valence-electron chi connectivity index (χ4n) is 2.23. The van der Waals surface area contributed by atoms with Crippen molar-refractivity contribution >= 4 is 34.2 Å². The van der Waals surface area contributed by atoms with Crippen LogP contribution in [0.3, 0.4) is 0 Å². The van der Waals surface area contributed by atoms with Gasteiger partial charge in [-0.15, -0.1) is 0 Å². The maximum absolute atomic E-state index is 12.1. The number of fused-ring (bicyclic) bond motifs is 1. The summed E-state index contributed by atoms with van der Waals surface area (Å²) >= 11 is 5.76. The molecule has 0 saturated heterocycles. The molecule has 0 bridgehead atoms. The third-order valence-electron chi connectivity index (χ3n) is 3.29.